The van der Waals surface area contributed by atoms with Crippen molar-refractivity contribution in [3.63, 3.8) is 0 Å². The van der Waals surface area contributed by atoms with Crippen molar-refractivity contribution in [3.8, 4) is 5.75 Å². The van der Waals surface area contributed by atoms with Crippen molar-refractivity contribution >= 4 is 26.7 Å². The second-order valence-corrected chi connectivity index (χ2v) is 6.37. The first-order valence-corrected chi connectivity index (χ1v) is 8.08. The Morgan fingerprint density at radius 1 is 1.53 bits per heavy atom. The van der Waals surface area contributed by atoms with E-state index in [0.29, 0.717) is 18.0 Å². The summed E-state index contributed by atoms with van der Waals surface area (Å²) in [4.78, 5) is 0. The molecule has 1 aromatic carbocycles. The van der Waals surface area contributed by atoms with Crippen molar-refractivity contribution < 1.29 is 9.32 Å². The van der Waals surface area contributed by atoms with Crippen molar-refractivity contribution in [3.05, 3.63) is 28.2 Å². The predicted molar refractivity (Wildman–Crippen MR) is 75.8 cm³/mol. The number of benzene rings is 1. The molecule has 0 aliphatic heterocycles. The first kappa shape index (κ1) is 14.7. The summed E-state index contributed by atoms with van der Waals surface area (Å²) in [7, 11) is -0.784. The van der Waals surface area contributed by atoms with Crippen molar-refractivity contribution in [2.45, 2.75) is 19.4 Å². The van der Waals surface area contributed by atoms with Crippen LogP contribution in [0.4, 0.5) is 0 Å². The number of nitrogens with one attached hydrogen (secondary N) is 1. The minimum absolute atomic E-state index is 0.0936. The SMILES string of the molecule is CCC(NCCS(C)=O)c1cc(Br)ccc1O. The lowest BCUT2D eigenvalue weighted by Gasteiger charge is -2.18. The first-order valence-electron chi connectivity index (χ1n) is 5.56. The molecule has 0 saturated carbocycles. The number of halogens is 1. The third kappa shape index (κ3) is 4.77. The summed E-state index contributed by atoms with van der Waals surface area (Å²) in [5, 5.41) is 13.1. The molecule has 5 heteroatoms. The van der Waals surface area contributed by atoms with Gasteiger partial charge in [0.25, 0.3) is 0 Å². The fourth-order valence-corrected chi connectivity index (χ4v) is 2.44. The van der Waals surface area contributed by atoms with Gasteiger partial charge in [-0.05, 0) is 24.6 Å². The van der Waals surface area contributed by atoms with Gasteiger partial charge in [-0.1, -0.05) is 22.9 Å². The maximum absolute atomic E-state index is 11.0. The fourth-order valence-electron chi connectivity index (χ4n) is 1.66. The molecule has 0 saturated heterocycles. The molecule has 2 unspecified atom stereocenters. The van der Waals surface area contributed by atoms with Crippen molar-refractivity contribution in [2.75, 3.05) is 18.6 Å². The van der Waals surface area contributed by atoms with Gasteiger partial charge in [0.05, 0.1) is 0 Å². The summed E-state index contributed by atoms with van der Waals surface area (Å²) in [5.41, 5.74) is 0.878. The van der Waals surface area contributed by atoms with E-state index in [1.807, 2.05) is 12.1 Å². The van der Waals surface area contributed by atoms with Gasteiger partial charge in [-0.25, -0.2) is 0 Å². The van der Waals surface area contributed by atoms with Crippen LogP contribution in [0.25, 0.3) is 0 Å². The highest BCUT2D eigenvalue weighted by atomic mass is 79.9. The Kier molecular flexibility index (Phi) is 6.16. The van der Waals surface area contributed by atoms with Crippen LogP contribution in [0.5, 0.6) is 5.75 Å². The van der Waals surface area contributed by atoms with Gasteiger partial charge in [0.15, 0.2) is 0 Å². The lowest BCUT2D eigenvalue weighted by atomic mass is 10.0. The van der Waals surface area contributed by atoms with Crippen molar-refractivity contribution in [1.29, 1.82) is 0 Å². The number of phenolic OH excluding ortho intramolecular Hbond substituents is 1. The topological polar surface area (TPSA) is 49.3 Å². The van der Waals surface area contributed by atoms with Crippen LogP contribution in [-0.4, -0.2) is 27.9 Å². The molecule has 0 radical (unpaired) electrons. The molecular weight excluding hydrogens is 302 g/mol. The molecule has 2 atom stereocenters. The number of phenols is 1. The number of aromatic hydroxyl groups is 1. The summed E-state index contributed by atoms with van der Waals surface area (Å²) in [6, 6.07) is 5.50. The van der Waals surface area contributed by atoms with Crippen LogP contribution >= 0.6 is 15.9 Å². The van der Waals surface area contributed by atoms with Gasteiger partial charge in [0, 0.05) is 45.4 Å². The standard InChI is InChI=1S/C12H18BrNO2S/c1-3-11(14-6-7-17(2)16)10-8-9(13)4-5-12(10)15/h4-5,8,11,14-15H,3,6-7H2,1-2H3. The summed E-state index contributed by atoms with van der Waals surface area (Å²) in [6.45, 7) is 2.74. The van der Waals surface area contributed by atoms with Crippen LogP contribution in [0.2, 0.25) is 0 Å². The third-order valence-corrected chi connectivity index (χ3v) is 3.83. The zero-order chi connectivity index (χ0) is 12.8. The maximum Gasteiger partial charge on any atom is 0.120 e. The molecule has 0 amide bonds. The van der Waals surface area contributed by atoms with Crippen molar-refractivity contribution in [1.82, 2.24) is 5.32 Å². The van der Waals surface area contributed by atoms with Gasteiger partial charge in [-0.3, -0.25) is 4.21 Å². The van der Waals surface area contributed by atoms with E-state index in [1.165, 1.54) is 0 Å². The highest BCUT2D eigenvalue weighted by Gasteiger charge is 2.13. The molecule has 0 aliphatic rings. The highest BCUT2D eigenvalue weighted by Crippen LogP contribution is 2.29. The summed E-state index contributed by atoms with van der Waals surface area (Å²) in [6.07, 6.45) is 2.57. The molecule has 17 heavy (non-hydrogen) atoms. The van der Waals surface area contributed by atoms with E-state index in [1.54, 1.807) is 12.3 Å². The second kappa shape index (κ2) is 7.13. The molecule has 1 aromatic rings. The molecule has 3 nitrogen and oxygen atoms in total. The molecule has 0 bridgehead atoms. The minimum atomic E-state index is -0.784. The monoisotopic (exact) mass is 319 g/mol. The number of hydrogen-bond acceptors (Lipinski definition) is 3. The van der Waals surface area contributed by atoms with Crippen LogP contribution in [0, 0.1) is 0 Å². The zero-order valence-electron chi connectivity index (χ0n) is 10.1. The van der Waals surface area contributed by atoms with Gasteiger partial charge < -0.3 is 10.4 Å². The molecular formula is C12H18BrNO2S. The predicted octanol–water partition coefficient (Wildman–Crippen LogP) is 2.57. The van der Waals surface area contributed by atoms with E-state index >= 15 is 0 Å². The largest absolute Gasteiger partial charge is 0.508 e. The molecule has 0 aromatic heterocycles. The number of hydrogen-bond donors (Lipinski definition) is 2. The Morgan fingerprint density at radius 2 is 2.24 bits per heavy atom. The van der Waals surface area contributed by atoms with E-state index < -0.39 is 10.8 Å². The normalized spacial score (nSPS) is 14.5. The molecule has 1 rings (SSSR count). The average molecular weight is 320 g/mol. The molecule has 0 aliphatic carbocycles. The average Bonchev–Trinajstić information content (AvgIpc) is 2.28. The van der Waals surface area contributed by atoms with Crippen molar-refractivity contribution in [2.24, 2.45) is 0 Å². The van der Waals surface area contributed by atoms with Crippen LogP contribution < -0.4 is 5.32 Å². The third-order valence-electron chi connectivity index (χ3n) is 2.55. The Balaban J connectivity index is 2.72. The Hall–Kier alpha value is -0.390. The smallest absolute Gasteiger partial charge is 0.120 e. The summed E-state index contributed by atoms with van der Waals surface area (Å²) < 4.78 is 11.9. The molecule has 0 fully saturated rings. The van der Waals surface area contributed by atoms with E-state index in [4.69, 9.17) is 0 Å². The van der Waals surface area contributed by atoms with E-state index in [-0.39, 0.29) is 6.04 Å². The lowest BCUT2D eigenvalue weighted by Crippen LogP contribution is -2.25. The van der Waals surface area contributed by atoms with Crippen LogP contribution in [0.3, 0.4) is 0 Å². The molecule has 0 spiro atoms. The number of rotatable bonds is 6. The second-order valence-electron chi connectivity index (χ2n) is 3.90. The zero-order valence-corrected chi connectivity index (χ0v) is 12.5. The Morgan fingerprint density at radius 3 is 2.82 bits per heavy atom. The first-order chi connectivity index (χ1) is 8.04. The van der Waals surface area contributed by atoms with Crippen LogP contribution in [0.15, 0.2) is 22.7 Å². The molecule has 96 valence electrons. The van der Waals surface area contributed by atoms with E-state index in [0.717, 1.165) is 16.5 Å². The van der Waals surface area contributed by atoms with E-state index in [9.17, 15) is 9.32 Å². The maximum atomic E-state index is 11.0. The minimum Gasteiger partial charge on any atom is -0.508 e. The van der Waals surface area contributed by atoms with Gasteiger partial charge in [0.2, 0.25) is 0 Å². The Labute approximate surface area is 113 Å². The van der Waals surface area contributed by atoms with Gasteiger partial charge in [-0.2, -0.15) is 0 Å². The summed E-state index contributed by atoms with van der Waals surface area (Å²) in [5.74, 6) is 0.927. The molecule has 0 heterocycles. The van der Waals surface area contributed by atoms with Crippen LogP contribution in [-0.2, 0) is 10.8 Å². The quantitative estimate of drug-likeness (QED) is 0.847. The van der Waals surface area contributed by atoms with E-state index in [2.05, 4.69) is 28.2 Å². The Bertz CT molecular complexity index is 398. The highest BCUT2D eigenvalue weighted by molar-refractivity contribution is 9.10. The lowest BCUT2D eigenvalue weighted by molar-refractivity contribution is 0.445. The summed E-state index contributed by atoms with van der Waals surface area (Å²) >= 11 is 3.40. The van der Waals surface area contributed by atoms with Gasteiger partial charge in [0.1, 0.15) is 5.75 Å². The van der Waals surface area contributed by atoms with Gasteiger partial charge >= 0.3 is 0 Å². The molecule has 2 N–H and O–H groups in total. The van der Waals surface area contributed by atoms with Crippen LogP contribution in [0.1, 0.15) is 24.9 Å². The van der Waals surface area contributed by atoms with Gasteiger partial charge in [-0.15, -0.1) is 0 Å². The fraction of sp³-hybridized carbons (Fsp3) is 0.500.